The summed E-state index contributed by atoms with van der Waals surface area (Å²) in [6.45, 7) is 0. The number of aromatic nitrogens is 1. The number of pyridine rings is 1. The normalized spacial score (nSPS) is 11.3. The molecule has 0 unspecified atom stereocenters. The second-order valence-corrected chi connectivity index (χ2v) is 12.0. The van der Waals surface area contributed by atoms with Crippen LogP contribution in [-0.4, -0.2) is 4.98 Å². The molecule has 9 aromatic rings. The molecule has 0 N–H and O–H groups in total. The fourth-order valence-electron chi connectivity index (χ4n) is 6.81. The molecule has 226 valence electrons. The zero-order valence-electron chi connectivity index (χ0n) is 26.1. The van der Waals surface area contributed by atoms with Crippen molar-refractivity contribution in [3.05, 3.63) is 182 Å². The van der Waals surface area contributed by atoms with Crippen LogP contribution in [0.2, 0.25) is 0 Å². The van der Waals surface area contributed by atoms with Crippen molar-refractivity contribution in [2.45, 2.75) is 0 Å². The molecule has 0 spiro atoms. The zero-order chi connectivity index (χ0) is 31.9. The topological polar surface area (TPSA) is 29.3 Å². The predicted molar refractivity (Wildman–Crippen MR) is 200 cm³/mol. The summed E-state index contributed by atoms with van der Waals surface area (Å²) in [6.07, 6.45) is 1.89. The van der Waals surface area contributed by atoms with Gasteiger partial charge in [0.2, 0.25) is 0 Å². The number of fused-ring (bicyclic) bond motifs is 5. The maximum Gasteiger partial charge on any atom is 0.177 e. The van der Waals surface area contributed by atoms with Gasteiger partial charge in [-0.2, -0.15) is 0 Å². The molecule has 0 aliphatic rings. The molecule has 0 bridgehead atoms. The molecule has 48 heavy (non-hydrogen) atoms. The summed E-state index contributed by atoms with van der Waals surface area (Å²) in [5, 5.41) is 3.23. The SMILES string of the molecule is c1ccc(-c2ccc(N(c3ccc(-c4ccccc4)c(-c4ccccc4)c3)c3ccnc4c3oc3c5ccccc5ccc43)cc2)cc1. The summed E-state index contributed by atoms with van der Waals surface area (Å²) >= 11 is 0. The minimum absolute atomic E-state index is 0.754. The lowest BCUT2D eigenvalue weighted by molar-refractivity contribution is 0.672. The smallest absolute Gasteiger partial charge is 0.177 e. The van der Waals surface area contributed by atoms with Crippen LogP contribution in [0.25, 0.3) is 66.2 Å². The molecule has 0 atom stereocenters. The molecule has 3 heteroatoms. The average molecular weight is 615 g/mol. The van der Waals surface area contributed by atoms with Crippen molar-refractivity contribution in [3.63, 3.8) is 0 Å². The minimum atomic E-state index is 0.754. The summed E-state index contributed by atoms with van der Waals surface area (Å²) in [5.41, 5.74) is 12.5. The summed E-state index contributed by atoms with van der Waals surface area (Å²) < 4.78 is 6.82. The molecule has 0 fully saturated rings. The van der Waals surface area contributed by atoms with Gasteiger partial charge < -0.3 is 9.32 Å². The summed E-state index contributed by atoms with van der Waals surface area (Å²) in [5.74, 6) is 0. The van der Waals surface area contributed by atoms with Crippen LogP contribution in [0.3, 0.4) is 0 Å². The van der Waals surface area contributed by atoms with Crippen molar-refractivity contribution in [1.82, 2.24) is 4.98 Å². The van der Waals surface area contributed by atoms with E-state index in [1.54, 1.807) is 0 Å². The van der Waals surface area contributed by atoms with Gasteiger partial charge >= 0.3 is 0 Å². The van der Waals surface area contributed by atoms with E-state index in [4.69, 9.17) is 9.40 Å². The Hall–Kier alpha value is -6.45. The first kappa shape index (κ1) is 27.8. The van der Waals surface area contributed by atoms with Gasteiger partial charge in [-0.05, 0) is 75.2 Å². The molecular weight excluding hydrogens is 585 g/mol. The number of anilines is 3. The molecule has 3 nitrogen and oxygen atoms in total. The largest absolute Gasteiger partial charge is 0.451 e. The highest BCUT2D eigenvalue weighted by molar-refractivity contribution is 6.16. The van der Waals surface area contributed by atoms with Crippen molar-refractivity contribution in [2.75, 3.05) is 4.90 Å². The third kappa shape index (κ3) is 4.81. The first-order chi connectivity index (χ1) is 23.8. The number of benzene rings is 7. The molecule has 2 aromatic heterocycles. The molecule has 7 aromatic carbocycles. The van der Waals surface area contributed by atoms with E-state index in [1.165, 1.54) is 22.3 Å². The number of hydrogen-bond donors (Lipinski definition) is 0. The first-order valence-corrected chi connectivity index (χ1v) is 16.2. The fourth-order valence-corrected chi connectivity index (χ4v) is 6.81. The van der Waals surface area contributed by atoms with Gasteiger partial charge in [-0.3, -0.25) is 4.98 Å². The van der Waals surface area contributed by atoms with E-state index in [2.05, 4.69) is 175 Å². The van der Waals surface area contributed by atoms with Gasteiger partial charge in [-0.15, -0.1) is 0 Å². The van der Waals surface area contributed by atoms with Crippen molar-refractivity contribution >= 4 is 49.9 Å². The Bertz CT molecular complexity index is 2540. The third-order valence-corrected chi connectivity index (χ3v) is 9.13. The Morgan fingerprint density at radius 3 is 1.75 bits per heavy atom. The van der Waals surface area contributed by atoms with Crippen LogP contribution in [0.15, 0.2) is 187 Å². The van der Waals surface area contributed by atoms with Gasteiger partial charge in [-0.25, -0.2) is 0 Å². The highest BCUT2D eigenvalue weighted by Gasteiger charge is 2.22. The molecule has 0 aliphatic carbocycles. The van der Waals surface area contributed by atoms with Gasteiger partial charge in [0.15, 0.2) is 5.58 Å². The van der Waals surface area contributed by atoms with Crippen LogP contribution in [-0.2, 0) is 0 Å². The second-order valence-electron chi connectivity index (χ2n) is 12.0. The molecule has 0 aliphatic heterocycles. The Kier molecular flexibility index (Phi) is 6.80. The Morgan fingerprint density at radius 2 is 1.02 bits per heavy atom. The highest BCUT2D eigenvalue weighted by atomic mass is 16.3. The molecule has 0 radical (unpaired) electrons. The van der Waals surface area contributed by atoms with Gasteiger partial charge in [-0.1, -0.05) is 140 Å². The van der Waals surface area contributed by atoms with Crippen LogP contribution in [0, 0.1) is 0 Å². The van der Waals surface area contributed by atoms with Crippen molar-refractivity contribution < 1.29 is 4.42 Å². The number of nitrogens with zero attached hydrogens (tertiary/aromatic N) is 2. The summed E-state index contributed by atoms with van der Waals surface area (Å²) in [7, 11) is 0. The lowest BCUT2D eigenvalue weighted by Gasteiger charge is -2.27. The van der Waals surface area contributed by atoms with Crippen molar-refractivity contribution in [1.29, 1.82) is 0 Å². The number of rotatable bonds is 6. The lowest BCUT2D eigenvalue weighted by Crippen LogP contribution is -2.11. The maximum absolute atomic E-state index is 6.82. The number of furan rings is 1. The molecule has 9 rings (SSSR count). The van der Waals surface area contributed by atoms with E-state index >= 15 is 0 Å². The highest BCUT2D eigenvalue weighted by Crippen LogP contribution is 2.45. The van der Waals surface area contributed by atoms with Crippen molar-refractivity contribution in [3.8, 4) is 33.4 Å². The standard InChI is InChI=1S/C45H30N2O/c1-4-12-31(13-5-1)32-20-23-36(24-21-32)47(37-25-27-38(33-14-6-2-7-15-33)41(30-37)34-16-8-3-9-17-34)42-28-29-46-43-40-26-22-35-18-10-11-19-39(35)44(40)48-45(42)43/h1-30H. The second kappa shape index (κ2) is 11.7. The fraction of sp³-hybridized carbons (Fsp3) is 0. The van der Waals surface area contributed by atoms with Gasteiger partial charge in [0.25, 0.3) is 0 Å². The van der Waals surface area contributed by atoms with Gasteiger partial charge in [0.05, 0.1) is 5.69 Å². The predicted octanol–water partition coefficient (Wildman–Crippen LogP) is 12.6. The van der Waals surface area contributed by atoms with E-state index in [0.29, 0.717) is 0 Å². The Labute approximate surface area is 279 Å². The average Bonchev–Trinajstić information content (AvgIpc) is 3.56. The van der Waals surface area contributed by atoms with Crippen LogP contribution in [0.5, 0.6) is 0 Å². The molecule has 0 saturated carbocycles. The van der Waals surface area contributed by atoms with Crippen LogP contribution >= 0.6 is 0 Å². The molecule has 0 amide bonds. The quantitative estimate of drug-likeness (QED) is 0.187. The van der Waals surface area contributed by atoms with E-state index in [-0.39, 0.29) is 0 Å². The lowest BCUT2D eigenvalue weighted by atomic mass is 9.93. The summed E-state index contributed by atoms with van der Waals surface area (Å²) in [6, 6.07) is 61.9. The molecular formula is C45H30N2O. The van der Waals surface area contributed by atoms with Crippen molar-refractivity contribution in [2.24, 2.45) is 0 Å². The summed E-state index contributed by atoms with van der Waals surface area (Å²) in [4.78, 5) is 7.16. The Balaban J connectivity index is 1.29. The van der Waals surface area contributed by atoms with Gasteiger partial charge in [0.1, 0.15) is 11.1 Å². The van der Waals surface area contributed by atoms with E-state index in [1.807, 2.05) is 12.3 Å². The van der Waals surface area contributed by atoms with Crippen LogP contribution < -0.4 is 4.90 Å². The third-order valence-electron chi connectivity index (χ3n) is 9.13. The maximum atomic E-state index is 6.82. The van der Waals surface area contributed by atoms with Crippen LogP contribution in [0.1, 0.15) is 0 Å². The van der Waals surface area contributed by atoms with E-state index < -0.39 is 0 Å². The monoisotopic (exact) mass is 614 g/mol. The molecule has 0 saturated heterocycles. The zero-order valence-corrected chi connectivity index (χ0v) is 26.1. The molecule has 2 heterocycles. The Morgan fingerprint density at radius 1 is 0.417 bits per heavy atom. The van der Waals surface area contributed by atoms with Gasteiger partial charge in [0, 0.05) is 28.3 Å². The van der Waals surface area contributed by atoms with E-state index in [9.17, 15) is 0 Å². The minimum Gasteiger partial charge on any atom is -0.451 e. The first-order valence-electron chi connectivity index (χ1n) is 16.2. The van der Waals surface area contributed by atoms with E-state index in [0.717, 1.165) is 61.0 Å². The number of hydrogen-bond acceptors (Lipinski definition) is 3. The van der Waals surface area contributed by atoms with Crippen LogP contribution in [0.4, 0.5) is 17.1 Å².